The summed E-state index contributed by atoms with van der Waals surface area (Å²) in [5.41, 5.74) is 1.17. The Kier molecular flexibility index (Phi) is 5.36. The van der Waals surface area contributed by atoms with Gasteiger partial charge in [0.15, 0.2) is 0 Å². The first-order valence-corrected chi connectivity index (χ1v) is 7.25. The van der Waals surface area contributed by atoms with Crippen molar-refractivity contribution in [2.75, 3.05) is 26.3 Å². The summed E-state index contributed by atoms with van der Waals surface area (Å²) in [6, 6.07) is 7.62. The van der Waals surface area contributed by atoms with Gasteiger partial charge in [-0.05, 0) is 30.5 Å². The van der Waals surface area contributed by atoms with Gasteiger partial charge in [0.25, 0.3) is 0 Å². The van der Waals surface area contributed by atoms with E-state index in [1.54, 1.807) is 0 Å². The Morgan fingerprint density at radius 1 is 1.32 bits per heavy atom. The van der Waals surface area contributed by atoms with E-state index < -0.39 is 12.0 Å². The van der Waals surface area contributed by atoms with Crippen molar-refractivity contribution in [1.29, 1.82) is 0 Å². The molecule has 1 N–H and O–H groups in total. The molecule has 1 fully saturated rings. The lowest BCUT2D eigenvalue weighted by atomic mass is 10.0. The molecule has 2 rings (SSSR count). The number of carboxylic acids is 1. The SMILES string of the molecule is O=C(O)C(CCc1ccc(Br)cc1)N1CCOCC1. The molecule has 0 aliphatic carbocycles. The summed E-state index contributed by atoms with van der Waals surface area (Å²) in [6.07, 6.45) is 1.42. The number of halogens is 1. The Hall–Kier alpha value is -0.910. The Balaban J connectivity index is 1.93. The first kappa shape index (κ1) is 14.5. The molecule has 1 aromatic carbocycles. The van der Waals surface area contributed by atoms with Gasteiger partial charge in [-0.15, -0.1) is 0 Å². The molecule has 5 heteroatoms. The highest BCUT2D eigenvalue weighted by atomic mass is 79.9. The van der Waals surface area contributed by atoms with Crippen LogP contribution in [0.4, 0.5) is 0 Å². The van der Waals surface area contributed by atoms with Gasteiger partial charge in [0.1, 0.15) is 6.04 Å². The zero-order chi connectivity index (χ0) is 13.7. The van der Waals surface area contributed by atoms with Crippen molar-refractivity contribution in [3.05, 3.63) is 34.3 Å². The summed E-state index contributed by atoms with van der Waals surface area (Å²) in [7, 11) is 0. The van der Waals surface area contributed by atoms with Crippen LogP contribution in [0.1, 0.15) is 12.0 Å². The van der Waals surface area contributed by atoms with Crippen LogP contribution in [0, 0.1) is 0 Å². The number of aryl methyl sites for hydroxylation is 1. The lowest BCUT2D eigenvalue weighted by Gasteiger charge is -2.31. The van der Waals surface area contributed by atoms with Crippen molar-refractivity contribution < 1.29 is 14.6 Å². The third kappa shape index (κ3) is 4.30. The fraction of sp³-hybridized carbons (Fsp3) is 0.500. The van der Waals surface area contributed by atoms with Gasteiger partial charge >= 0.3 is 5.97 Å². The van der Waals surface area contributed by atoms with Crippen LogP contribution in [0.5, 0.6) is 0 Å². The van der Waals surface area contributed by atoms with Crippen LogP contribution in [0.2, 0.25) is 0 Å². The van der Waals surface area contributed by atoms with Gasteiger partial charge in [-0.1, -0.05) is 28.1 Å². The number of rotatable bonds is 5. The second-order valence-corrected chi connectivity index (χ2v) is 5.58. The van der Waals surface area contributed by atoms with Crippen molar-refractivity contribution in [2.24, 2.45) is 0 Å². The molecular formula is C14H18BrNO3. The zero-order valence-electron chi connectivity index (χ0n) is 10.7. The predicted octanol–water partition coefficient (Wildman–Crippen LogP) is 2.17. The largest absolute Gasteiger partial charge is 0.480 e. The van der Waals surface area contributed by atoms with E-state index in [2.05, 4.69) is 15.9 Å². The van der Waals surface area contributed by atoms with E-state index >= 15 is 0 Å². The maximum atomic E-state index is 11.4. The second kappa shape index (κ2) is 7.03. The predicted molar refractivity (Wildman–Crippen MR) is 76.3 cm³/mol. The average molecular weight is 328 g/mol. The van der Waals surface area contributed by atoms with Crippen LogP contribution in [0.3, 0.4) is 0 Å². The van der Waals surface area contributed by atoms with Gasteiger partial charge in [-0.3, -0.25) is 9.69 Å². The molecule has 1 saturated heterocycles. The Morgan fingerprint density at radius 3 is 2.53 bits per heavy atom. The molecule has 1 aliphatic rings. The minimum absolute atomic E-state index is 0.410. The van der Waals surface area contributed by atoms with Crippen molar-refractivity contribution in [3.8, 4) is 0 Å². The smallest absolute Gasteiger partial charge is 0.320 e. The van der Waals surface area contributed by atoms with E-state index in [1.165, 1.54) is 5.56 Å². The lowest BCUT2D eigenvalue weighted by molar-refractivity contribution is -0.145. The van der Waals surface area contributed by atoms with E-state index in [1.807, 2.05) is 29.2 Å². The summed E-state index contributed by atoms with van der Waals surface area (Å²) in [5.74, 6) is -0.737. The number of carboxylic acid groups (broad SMARTS) is 1. The highest BCUT2D eigenvalue weighted by molar-refractivity contribution is 9.10. The molecule has 0 spiro atoms. The second-order valence-electron chi connectivity index (χ2n) is 4.67. The standard InChI is InChI=1S/C14H18BrNO3/c15-12-4-1-11(2-5-12)3-6-13(14(17)18)16-7-9-19-10-8-16/h1-2,4-5,13H,3,6-10H2,(H,17,18). The minimum Gasteiger partial charge on any atom is -0.480 e. The minimum atomic E-state index is -0.737. The van der Waals surface area contributed by atoms with Crippen LogP contribution in [-0.2, 0) is 16.0 Å². The Labute approximate surface area is 121 Å². The van der Waals surface area contributed by atoms with Crippen molar-refractivity contribution in [3.63, 3.8) is 0 Å². The van der Waals surface area contributed by atoms with Crippen molar-refractivity contribution in [1.82, 2.24) is 4.90 Å². The topological polar surface area (TPSA) is 49.8 Å². The number of benzene rings is 1. The molecule has 1 heterocycles. The molecule has 1 aromatic rings. The zero-order valence-corrected chi connectivity index (χ0v) is 12.3. The number of nitrogens with zero attached hydrogens (tertiary/aromatic N) is 1. The van der Waals surface area contributed by atoms with E-state index in [0.29, 0.717) is 32.7 Å². The Morgan fingerprint density at radius 2 is 1.95 bits per heavy atom. The Bertz CT molecular complexity index is 415. The number of hydrogen-bond donors (Lipinski definition) is 1. The fourth-order valence-corrected chi connectivity index (χ4v) is 2.57. The molecule has 0 amide bonds. The molecule has 4 nitrogen and oxygen atoms in total. The van der Waals surface area contributed by atoms with Crippen LogP contribution >= 0.6 is 15.9 Å². The van der Waals surface area contributed by atoms with E-state index in [4.69, 9.17) is 4.74 Å². The van der Waals surface area contributed by atoms with Gasteiger partial charge < -0.3 is 9.84 Å². The van der Waals surface area contributed by atoms with Gasteiger partial charge in [0.05, 0.1) is 13.2 Å². The van der Waals surface area contributed by atoms with Crippen LogP contribution in [0.15, 0.2) is 28.7 Å². The van der Waals surface area contributed by atoms with E-state index in [9.17, 15) is 9.90 Å². The number of hydrogen-bond acceptors (Lipinski definition) is 3. The maximum Gasteiger partial charge on any atom is 0.320 e. The summed E-state index contributed by atoms with van der Waals surface area (Å²) in [4.78, 5) is 13.4. The van der Waals surface area contributed by atoms with Gasteiger partial charge in [0, 0.05) is 17.6 Å². The quantitative estimate of drug-likeness (QED) is 0.900. The summed E-state index contributed by atoms with van der Waals surface area (Å²) in [5, 5.41) is 9.36. The molecule has 104 valence electrons. The van der Waals surface area contributed by atoms with Gasteiger partial charge in [-0.2, -0.15) is 0 Å². The average Bonchev–Trinajstić information content (AvgIpc) is 2.42. The molecule has 0 bridgehead atoms. The van der Waals surface area contributed by atoms with Crippen molar-refractivity contribution in [2.45, 2.75) is 18.9 Å². The fourth-order valence-electron chi connectivity index (χ4n) is 2.31. The molecule has 0 aromatic heterocycles. The molecule has 19 heavy (non-hydrogen) atoms. The summed E-state index contributed by atoms with van der Waals surface area (Å²) in [6.45, 7) is 2.67. The monoisotopic (exact) mass is 327 g/mol. The summed E-state index contributed by atoms with van der Waals surface area (Å²) < 4.78 is 6.31. The highest BCUT2D eigenvalue weighted by Gasteiger charge is 2.26. The molecule has 1 atom stereocenters. The highest BCUT2D eigenvalue weighted by Crippen LogP contribution is 2.15. The van der Waals surface area contributed by atoms with Crippen LogP contribution in [0.25, 0.3) is 0 Å². The number of carbonyl (C=O) groups is 1. The van der Waals surface area contributed by atoms with E-state index in [0.717, 1.165) is 10.9 Å². The third-order valence-corrected chi connectivity index (χ3v) is 3.92. The third-order valence-electron chi connectivity index (χ3n) is 3.39. The lowest BCUT2D eigenvalue weighted by Crippen LogP contribution is -2.47. The molecular weight excluding hydrogens is 310 g/mol. The van der Waals surface area contributed by atoms with Crippen LogP contribution in [-0.4, -0.2) is 48.3 Å². The number of morpholine rings is 1. The number of ether oxygens (including phenoxy) is 1. The van der Waals surface area contributed by atoms with Gasteiger partial charge in [-0.25, -0.2) is 0 Å². The van der Waals surface area contributed by atoms with Crippen molar-refractivity contribution >= 4 is 21.9 Å². The van der Waals surface area contributed by atoms with E-state index in [-0.39, 0.29) is 0 Å². The van der Waals surface area contributed by atoms with Gasteiger partial charge in [0.2, 0.25) is 0 Å². The molecule has 1 aliphatic heterocycles. The molecule has 0 saturated carbocycles. The first-order chi connectivity index (χ1) is 9.16. The molecule has 0 radical (unpaired) electrons. The summed E-state index contributed by atoms with van der Waals surface area (Å²) >= 11 is 3.40. The molecule has 1 unspecified atom stereocenters. The maximum absolute atomic E-state index is 11.4. The number of aliphatic carboxylic acids is 1. The first-order valence-electron chi connectivity index (χ1n) is 6.46. The van der Waals surface area contributed by atoms with Crippen LogP contribution < -0.4 is 0 Å². The normalized spacial score (nSPS) is 18.2.